The molecule has 10 nitrogen and oxygen atoms in total. The molecule has 2 aromatic rings. The van der Waals surface area contributed by atoms with Crippen LogP contribution in [0.3, 0.4) is 0 Å². The second-order valence-corrected chi connectivity index (χ2v) is 6.15. The number of hydrogen-bond donors (Lipinski definition) is 4. The van der Waals surface area contributed by atoms with Gasteiger partial charge in [0.25, 0.3) is 0 Å². The van der Waals surface area contributed by atoms with Gasteiger partial charge in [-0.3, -0.25) is 19.8 Å². The number of benzene rings is 2. The van der Waals surface area contributed by atoms with Crippen molar-refractivity contribution in [2.75, 3.05) is 24.5 Å². The first kappa shape index (κ1) is 20.5. The largest absolute Gasteiger partial charge is 0.497 e. The predicted molar refractivity (Wildman–Crippen MR) is 108 cm³/mol. The Labute approximate surface area is 172 Å². The van der Waals surface area contributed by atoms with Crippen LogP contribution in [0.5, 0.6) is 17.2 Å². The van der Waals surface area contributed by atoms with E-state index in [2.05, 4.69) is 21.5 Å². The second kappa shape index (κ2) is 9.32. The standard InChI is InChI=1S/C20H20N4O6/c1-12(9-18(25)21-14-5-8-16-17(10-14)30-11-29-16)23-24-20(27)19(26)22-13-3-6-15(28-2)7-4-13/h3-10,23H,11H2,1-2H3,(H,21,25)(H,22,26)(H,24,27)/b12-9+. The maximum Gasteiger partial charge on any atom is 0.327 e. The summed E-state index contributed by atoms with van der Waals surface area (Å²) >= 11 is 0. The van der Waals surface area contributed by atoms with Crippen LogP contribution in [0, 0.1) is 0 Å². The molecule has 0 saturated heterocycles. The van der Waals surface area contributed by atoms with Gasteiger partial charge in [-0.2, -0.15) is 0 Å². The lowest BCUT2D eigenvalue weighted by Crippen LogP contribution is -2.43. The highest BCUT2D eigenvalue weighted by molar-refractivity contribution is 6.39. The molecule has 0 unspecified atom stereocenters. The van der Waals surface area contributed by atoms with E-state index in [4.69, 9.17) is 14.2 Å². The third kappa shape index (κ3) is 5.41. The minimum atomic E-state index is -0.922. The van der Waals surface area contributed by atoms with Crippen LogP contribution in [-0.2, 0) is 14.4 Å². The first-order valence-electron chi connectivity index (χ1n) is 8.85. The smallest absolute Gasteiger partial charge is 0.327 e. The van der Waals surface area contributed by atoms with Gasteiger partial charge in [-0.25, -0.2) is 0 Å². The van der Waals surface area contributed by atoms with E-state index in [-0.39, 0.29) is 6.79 Å². The maximum atomic E-state index is 12.1. The van der Waals surface area contributed by atoms with Gasteiger partial charge in [0, 0.05) is 29.2 Å². The molecule has 4 N–H and O–H groups in total. The normalized spacial score (nSPS) is 12.0. The molecule has 10 heteroatoms. The fraction of sp³-hybridized carbons (Fsp3) is 0.150. The number of ether oxygens (including phenoxy) is 3. The van der Waals surface area contributed by atoms with E-state index < -0.39 is 17.7 Å². The summed E-state index contributed by atoms with van der Waals surface area (Å²) in [5, 5.41) is 5.11. The molecule has 1 aliphatic heterocycles. The Kier molecular flexibility index (Phi) is 6.38. The molecule has 0 aromatic heterocycles. The molecule has 0 bridgehead atoms. The minimum absolute atomic E-state index is 0.140. The monoisotopic (exact) mass is 412 g/mol. The van der Waals surface area contributed by atoms with Gasteiger partial charge in [-0.05, 0) is 43.3 Å². The van der Waals surface area contributed by atoms with Crippen LogP contribution in [0.1, 0.15) is 6.92 Å². The molecule has 0 atom stereocenters. The number of rotatable bonds is 6. The van der Waals surface area contributed by atoms with Crippen LogP contribution in [-0.4, -0.2) is 31.6 Å². The number of allylic oxidation sites excluding steroid dienone is 1. The van der Waals surface area contributed by atoms with Crippen molar-refractivity contribution in [3.8, 4) is 17.2 Å². The molecule has 2 aromatic carbocycles. The van der Waals surface area contributed by atoms with E-state index in [0.29, 0.717) is 34.3 Å². The van der Waals surface area contributed by atoms with Crippen LogP contribution >= 0.6 is 0 Å². The number of carbonyl (C=O) groups is 3. The summed E-state index contributed by atoms with van der Waals surface area (Å²) in [6, 6.07) is 11.5. The Balaban J connectivity index is 1.46. The number of carbonyl (C=O) groups excluding carboxylic acids is 3. The van der Waals surface area contributed by atoms with Crippen molar-refractivity contribution in [3.05, 3.63) is 54.2 Å². The van der Waals surface area contributed by atoms with E-state index in [0.717, 1.165) is 0 Å². The molecule has 3 rings (SSSR count). The highest BCUT2D eigenvalue weighted by Crippen LogP contribution is 2.34. The maximum absolute atomic E-state index is 12.1. The van der Waals surface area contributed by atoms with E-state index in [1.807, 2.05) is 0 Å². The fourth-order valence-electron chi connectivity index (χ4n) is 2.46. The third-order valence-electron chi connectivity index (χ3n) is 3.92. The molecule has 156 valence electrons. The van der Waals surface area contributed by atoms with E-state index in [1.165, 1.54) is 13.2 Å². The van der Waals surface area contributed by atoms with Gasteiger partial charge in [-0.15, -0.1) is 0 Å². The third-order valence-corrected chi connectivity index (χ3v) is 3.92. The Hall–Kier alpha value is -4.21. The number of hydrogen-bond acceptors (Lipinski definition) is 7. The van der Waals surface area contributed by atoms with Gasteiger partial charge in [0.15, 0.2) is 11.5 Å². The predicted octanol–water partition coefficient (Wildman–Crippen LogP) is 1.53. The average molecular weight is 412 g/mol. The summed E-state index contributed by atoms with van der Waals surface area (Å²) in [6.07, 6.45) is 1.23. The minimum Gasteiger partial charge on any atom is -0.497 e. The van der Waals surface area contributed by atoms with Crippen molar-refractivity contribution in [1.82, 2.24) is 10.9 Å². The Morgan fingerprint density at radius 3 is 2.33 bits per heavy atom. The van der Waals surface area contributed by atoms with Crippen molar-refractivity contribution in [1.29, 1.82) is 0 Å². The molecule has 30 heavy (non-hydrogen) atoms. The molecule has 1 heterocycles. The first-order valence-corrected chi connectivity index (χ1v) is 8.85. The van der Waals surface area contributed by atoms with E-state index in [9.17, 15) is 14.4 Å². The SMILES string of the molecule is COc1ccc(NC(=O)C(=O)NN/C(C)=C/C(=O)Nc2ccc3c(c2)OCO3)cc1. The molecular weight excluding hydrogens is 392 g/mol. The zero-order chi connectivity index (χ0) is 21.5. The highest BCUT2D eigenvalue weighted by Gasteiger charge is 2.15. The van der Waals surface area contributed by atoms with Gasteiger partial charge in [0.05, 0.1) is 7.11 Å². The van der Waals surface area contributed by atoms with Crippen LogP contribution in [0.25, 0.3) is 0 Å². The molecule has 1 aliphatic rings. The van der Waals surface area contributed by atoms with Crippen molar-refractivity contribution in [3.63, 3.8) is 0 Å². The zero-order valence-corrected chi connectivity index (χ0v) is 16.3. The molecule has 3 amide bonds. The number of anilines is 2. The van der Waals surface area contributed by atoms with Gasteiger partial charge in [0.1, 0.15) is 5.75 Å². The number of hydrazine groups is 1. The number of fused-ring (bicyclic) bond motifs is 1. The number of amides is 3. The van der Waals surface area contributed by atoms with Gasteiger partial charge in [0.2, 0.25) is 12.7 Å². The molecule has 0 spiro atoms. The van der Waals surface area contributed by atoms with Crippen molar-refractivity contribution in [2.45, 2.75) is 6.92 Å². The molecular formula is C20H20N4O6. The van der Waals surface area contributed by atoms with Crippen LogP contribution in [0.4, 0.5) is 11.4 Å². The van der Waals surface area contributed by atoms with Crippen molar-refractivity contribution < 1.29 is 28.6 Å². The van der Waals surface area contributed by atoms with Crippen LogP contribution in [0.15, 0.2) is 54.2 Å². The van der Waals surface area contributed by atoms with E-state index >= 15 is 0 Å². The summed E-state index contributed by atoms with van der Waals surface area (Å²) < 4.78 is 15.5. The molecule has 0 radical (unpaired) electrons. The number of methoxy groups -OCH3 is 1. The lowest BCUT2D eigenvalue weighted by molar-refractivity contribution is -0.136. The fourth-order valence-corrected chi connectivity index (χ4v) is 2.46. The quantitative estimate of drug-likeness (QED) is 0.322. The lowest BCUT2D eigenvalue weighted by Gasteiger charge is -2.10. The Bertz CT molecular complexity index is 987. The Morgan fingerprint density at radius 1 is 0.900 bits per heavy atom. The number of nitrogens with one attached hydrogen (secondary N) is 4. The van der Waals surface area contributed by atoms with Gasteiger partial charge < -0.3 is 30.3 Å². The summed E-state index contributed by atoms with van der Waals surface area (Å²) in [6.45, 7) is 1.70. The second-order valence-electron chi connectivity index (χ2n) is 6.15. The first-order chi connectivity index (χ1) is 14.4. The molecule has 0 aliphatic carbocycles. The van der Waals surface area contributed by atoms with E-state index in [1.54, 1.807) is 49.4 Å². The van der Waals surface area contributed by atoms with Crippen LogP contribution < -0.4 is 35.7 Å². The molecule has 0 saturated carbocycles. The highest BCUT2D eigenvalue weighted by atomic mass is 16.7. The summed E-state index contributed by atoms with van der Waals surface area (Å²) in [5.74, 6) is -0.450. The lowest BCUT2D eigenvalue weighted by atomic mass is 10.2. The van der Waals surface area contributed by atoms with Gasteiger partial charge in [-0.1, -0.05) is 0 Å². The van der Waals surface area contributed by atoms with Crippen molar-refractivity contribution >= 4 is 29.1 Å². The topological polar surface area (TPSA) is 127 Å². The van der Waals surface area contributed by atoms with Crippen molar-refractivity contribution in [2.24, 2.45) is 0 Å². The van der Waals surface area contributed by atoms with Gasteiger partial charge >= 0.3 is 11.8 Å². The molecule has 0 fully saturated rings. The average Bonchev–Trinajstić information content (AvgIpc) is 3.20. The van der Waals surface area contributed by atoms with Crippen LogP contribution in [0.2, 0.25) is 0 Å². The zero-order valence-electron chi connectivity index (χ0n) is 16.3. The summed E-state index contributed by atoms with van der Waals surface area (Å²) in [7, 11) is 1.53. The Morgan fingerprint density at radius 2 is 1.60 bits per heavy atom. The summed E-state index contributed by atoms with van der Waals surface area (Å²) in [4.78, 5) is 35.9. The summed E-state index contributed by atoms with van der Waals surface area (Å²) in [5.41, 5.74) is 6.00.